The minimum Gasteiger partial charge on any atom is -0.492 e. The van der Waals surface area contributed by atoms with Crippen LogP contribution in [0.15, 0.2) is 36.9 Å². The molecular formula is C13H13N3O2. The molecule has 0 saturated carbocycles. The van der Waals surface area contributed by atoms with Gasteiger partial charge in [-0.25, -0.2) is 9.67 Å². The molecule has 5 nitrogen and oxygen atoms in total. The molecule has 0 bridgehead atoms. The van der Waals surface area contributed by atoms with Crippen LogP contribution in [-0.2, 0) is 6.54 Å². The first kappa shape index (κ1) is 12.1. The van der Waals surface area contributed by atoms with Gasteiger partial charge in [0.15, 0.2) is 0 Å². The first-order valence-electron chi connectivity index (χ1n) is 5.53. The van der Waals surface area contributed by atoms with Gasteiger partial charge in [0.2, 0.25) is 0 Å². The number of hydrogen-bond donors (Lipinski definition) is 1. The number of hydrogen-bond acceptors (Lipinski definition) is 4. The van der Waals surface area contributed by atoms with Gasteiger partial charge in [0.1, 0.15) is 31.6 Å². The number of nitrogens with zero attached hydrogens (tertiary/aromatic N) is 3. The van der Waals surface area contributed by atoms with Gasteiger partial charge >= 0.3 is 0 Å². The molecule has 0 unspecified atom stereocenters. The molecule has 2 aromatic rings. The molecule has 0 spiro atoms. The highest BCUT2D eigenvalue weighted by Gasteiger charge is 1.95. The highest BCUT2D eigenvalue weighted by molar-refractivity contribution is 5.38. The summed E-state index contributed by atoms with van der Waals surface area (Å²) in [4.78, 5) is 3.85. The minimum atomic E-state index is -0.129. The van der Waals surface area contributed by atoms with Gasteiger partial charge in [-0.3, -0.25) is 0 Å². The van der Waals surface area contributed by atoms with E-state index in [-0.39, 0.29) is 6.61 Å². The zero-order valence-electron chi connectivity index (χ0n) is 9.78. The van der Waals surface area contributed by atoms with Crippen LogP contribution in [-0.4, -0.2) is 33.1 Å². The maximum absolute atomic E-state index is 8.58. The van der Waals surface area contributed by atoms with Gasteiger partial charge in [-0.1, -0.05) is 11.8 Å². The van der Waals surface area contributed by atoms with Crippen LogP contribution in [0.1, 0.15) is 5.56 Å². The van der Waals surface area contributed by atoms with E-state index < -0.39 is 0 Å². The van der Waals surface area contributed by atoms with Crippen molar-refractivity contribution in [1.82, 2.24) is 14.8 Å². The Balaban J connectivity index is 1.83. The topological polar surface area (TPSA) is 60.2 Å². The molecule has 92 valence electrons. The van der Waals surface area contributed by atoms with E-state index in [1.807, 2.05) is 24.3 Å². The van der Waals surface area contributed by atoms with E-state index in [0.29, 0.717) is 13.2 Å². The summed E-state index contributed by atoms with van der Waals surface area (Å²) in [7, 11) is 0. The van der Waals surface area contributed by atoms with E-state index in [0.717, 1.165) is 11.3 Å². The van der Waals surface area contributed by atoms with E-state index >= 15 is 0 Å². The average molecular weight is 243 g/mol. The Hall–Kier alpha value is -2.32. The van der Waals surface area contributed by atoms with Crippen molar-refractivity contribution in [2.45, 2.75) is 6.54 Å². The van der Waals surface area contributed by atoms with E-state index in [1.165, 1.54) is 6.33 Å². The Morgan fingerprint density at radius 1 is 1.28 bits per heavy atom. The first-order chi connectivity index (χ1) is 8.88. The normalized spacial score (nSPS) is 9.61. The quantitative estimate of drug-likeness (QED) is 0.803. The fourth-order valence-electron chi connectivity index (χ4n) is 1.38. The highest BCUT2D eigenvalue weighted by atomic mass is 16.5. The summed E-state index contributed by atoms with van der Waals surface area (Å²) in [5.74, 6) is 6.20. The second-order valence-corrected chi connectivity index (χ2v) is 3.49. The summed E-state index contributed by atoms with van der Waals surface area (Å²) >= 11 is 0. The van der Waals surface area contributed by atoms with Crippen LogP contribution in [0.2, 0.25) is 0 Å². The first-order valence-corrected chi connectivity index (χ1v) is 5.53. The van der Waals surface area contributed by atoms with Gasteiger partial charge in [-0.05, 0) is 24.3 Å². The second kappa shape index (κ2) is 6.42. The SMILES string of the molecule is OCC#Cc1ccc(OCCn2cncn2)cc1. The molecule has 0 atom stereocenters. The third-order valence-electron chi connectivity index (χ3n) is 2.22. The Kier molecular flexibility index (Phi) is 4.33. The van der Waals surface area contributed by atoms with Gasteiger partial charge in [-0.2, -0.15) is 5.10 Å². The maximum Gasteiger partial charge on any atom is 0.137 e. The van der Waals surface area contributed by atoms with Crippen molar-refractivity contribution in [2.24, 2.45) is 0 Å². The lowest BCUT2D eigenvalue weighted by atomic mass is 10.2. The summed E-state index contributed by atoms with van der Waals surface area (Å²) in [6.45, 7) is 1.06. The van der Waals surface area contributed by atoms with Crippen LogP contribution in [0.4, 0.5) is 0 Å². The number of ether oxygens (including phenoxy) is 1. The summed E-state index contributed by atoms with van der Waals surface area (Å²) in [5, 5.41) is 12.6. The van der Waals surface area contributed by atoms with E-state index in [4.69, 9.17) is 9.84 Å². The van der Waals surface area contributed by atoms with Crippen molar-refractivity contribution in [3.63, 3.8) is 0 Å². The molecule has 0 aliphatic rings. The van der Waals surface area contributed by atoms with Crippen LogP contribution in [0.25, 0.3) is 0 Å². The summed E-state index contributed by atoms with van der Waals surface area (Å²) < 4.78 is 7.26. The zero-order valence-corrected chi connectivity index (χ0v) is 9.78. The standard InChI is InChI=1S/C13H13N3O2/c17-8-1-2-12-3-5-13(6-4-12)18-9-7-16-11-14-10-15-16/h3-6,10-11,17H,7-9H2. The summed E-state index contributed by atoms with van der Waals surface area (Å²) in [6.07, 6.45) is 3.14. The van der Waals surface area contributed by atoms with Gasteiger partial charge < -0.3 is 9.84 Å². The predicted molar refractivity (Wildman–Crippen MR) is 65.9 cm³/mol. The lowest BCUT2D eigenvalue weighted by Gasteiger charge is -2.05. The van der Waals surface area contributed by atoms with Crippen molar-refractivity contribution < 1.29 is 9.84 Å². The smallest absolute Gasteiger partial charge is 0.137 e. The lowest BCUT2D eigenvalue weighted by molar-refractivity contribution is 0.291. The van der Waals surface area contributed by atoms with E-state index in [1.54, 1.807) is 11.0 Å². The van der Waals surface area contributed by atoms with Crippen LogP contribution < -0.4 is 4.74 Å². The number of benzene rings is 1. The molecule has 5 heteroatoms. The summed E-state index contributed by atoms with van der Waals surface area (Å²) in [6, 6.07) is 7.41. The molecule has 1 N–H and O–H groups in total. The second-order valence-electron chi connectivity index (χ2n) is 3.49. The largest absolute Gasteiger partial charge is 0.492 e. The van der Waals surface area contributed by atoms with Crippen LogP contribution in [0.3, 0.4) is 0 Å². The van der Waals surface area contributed by atoms with Crippen molar-refractivity contribution in [1.29, 1.82) is 0 Å². The van der Waals surface area contributed by atoms with Crippen molar-refractivity contribution in [3.8, 4) is 17.6 Å². The Morgan fingerprint density at radius 3 is 2.78 bits per heavy atom. The monoisotopic (exact) mass is 243 g/mol. The summed E-state index contributed by atoms with van der Waals surface area (Å²) in [5.41, 5.74) is 0.854. The molecule has 0 saturated heterocycles. The number of aromatic nitrogens is 3. The van der Waals surface area contributed by atoms with Crippen molar-refractivity contribution in [2.75, 3.05) is 13.2 Å². The Labute approximate surface area is 105 Å². The van der Waals surface area contributed by atoms with Crippen LogP contribution in [0, 0.1) is 11.8 Å². The van der Waals surface area contributed by atoms with E-state index in [9.17, 15) is 0 Å². The van der Waals surface area contributed by atoms with Crippen LogP contribution >= 0.6 is 0 Å². The molecular weight excluding hydrogens is 230 g/mol. The average Bonchev–Trinajstić information content (AvgIpc) is 2.91. The zero-order chi connectivity index (χ0) is 12.6. The van der Waals surface area contributed by atoms with Crippen LogP contribution in [0.5, 0.6) is 5.75 Å². The molecule has 0 aliphatic heterocycles. The molecule has 0 radical (unpaired) electrons. The fourth-order valence-corrected chi connectivity index (χ4v) is 1.38. The molecule has 18 heavy (non-hydrogen) atoms. The molecule has 1 aromatic carbocycles. The third kappa shape index (κ3) is 3.61. The molecule has 0 fully saturated rings. The number of aliphatic hydroxyl groups is 1. The van der Waals surface area contributed by atoms with Gasteiger partial charge in [0.05, 0.1) is 6.54 Å². The van der Waals surface area contributed by atoms with Crippen molar-refractivity contribution in [3.05, 3.63) is 42.5 Å². The lowest BCUT2D eigenvalue weighted by Crippen LogP contribution is -2.08. The minimum absolute atomic E-state index is 0.129. The maximum atomic E-state index is 8.58. The van der Waals surface area contributed by atoms with E-state index in [2.05, 4.69) is 21.9 Å². The number of aliphatic hydroxyl groups excluding tert-OH is 1. The van der Waals surface area contributed by atoms with Gasteiger partial charge in [0, 0.05) is 5.56 Å². The highest BCUT2D eigenvalue weighted by Crippen LogP contribution is 2.11. The Bertz CT molecular complexity index is 524. The molecule has 1 heterocycles. The third-order valence-corrected chi connectivity index (χ3v) is 2.22. The Morgan fingerprint density at radius 2 is 2.11 bits per heavy atom. The van der Waals surface area contributed by atoms with Crippen molar-refractivity contribution >= 4 is 0 Å². The predicted octanol–water partition coefficient (Wildman–Crippen LogP) is 0.701. The molecule has 1 aromatic heterocycles. The molecule has 0 amide bonds. The van der Waals surface area contributed by atoms with Gasteiger partial charge in [0.25, 0.3) is 0 Å². The number of rotatable bonds is 4. The molecule has 2 rings (SSSR count). The van der Waals surface area contributed by atoms with Gasteiger partial charge in [-0.15, -0.1) is 0 Å². The fraction of sp³-hybridized carbons (Fsp3) is 0.231. The molecule has 0 aliphatic carbocycles.